The van der Waals surface area contributed by atoms with E-state index in [-0.39, 0.29) is 19.1 Å². The summed E-state index contributed by atoms with van der Waals surface area (Å²) in [5, 5.41) is 9.63. The Balaban J connectivity index is 1.25. The van der Waals surface area contributed by atoms with Gasteiger partial charge >= 0.3 is 12.1 Å². The van der Waals surface area contributed by atoms with Crippen molar-refractivity contribution in [2.45, 2.75) is 50.8 Å². The summed E-state index contributed by atoms with van der Waals surface area (Å²) in [5.74, 6) is 0.847. The van der Waals surface area contributed by atoms with Crippen LogP contribution in [0.25, 0.3) is 11.3 Å². The number of benzene rings is 2. The average Bonchev–Trinajstić information content (AvgIpc) is 3.43. The molecule has 3 aliphatic rings. The molecule has 0 radical (unpaired) electrons. The van der Waals surface area contributed by atoms with Gasteiger partial charge < -0.3 is 24.2 Å². The number of amides is 1. The number of rotatable bonds is 7. The number of carbonyl (C=O) groups is 1. The molecule has 2 aromatic carbocycles. The van der Waals surface area contributed by atoms with Gasteiger partial charge in [0.25, 0.3) is 0 Å². The lowest BCUT2D eigenvalue weighted by Gasteiger charge is -2.41. The second-order valence-electron chi connectivity index (χ2n) is 11.1. The van der Waals surface area contributed by atoms with Crippen LogP contribution < -0.4 is 9.64 Å². The molecule has 2 fully saturated rings. The van der Waals surface area contributed by atoms with Crippen LogP contribution in [0.3, 0.4) is 0 Å². The molecule has 1 aliphatic carbocycles. The number of fused-ring (bicyclic) bond motifs is 3. The van der Waals surface area contributed by atoms with Gasteiger partial charge in [0, 0.05) is 36.8 Å². The number of anilines is 1. The Morgan fingerprint density at radius 3 is 2.66 bits per heavy atom. The first kappa shape index (κ1) is 27.0. The molecule has 2 atom stereocenters. The zero-order valence-corrected chi connectivity index (χ0v) is 23.5. The molecule has 0 spiro atoms. The molecule has 0 N–H and O–H groups in total. The number of nitriles is 1. The van der Waals surface area contributed by atoms with Crippen LogP contribution in [-0.2, 0) is 24.2 Å². The standard InChI is InChI=1S/C32H36N6O3/c1-36-17-7-11-26(36)22-40-31-34-29-27-12-6-5-10-24(27)13-14-28(29)30(35-31)37-18-19-38(25(20-37)15-16-33)32(39)41-21-23-8-3-2-4-9-23/h2-6,8-10,12,25-26H,7,11,13-15,17-22H2,1H3/t25-,26-/m0/s1. The first-order valence-electron chi connectivity index (χ1n) is 14.5. The number of hydrogen-bond donors (Lipinski definition) is 0. The summed E-state index contributed by atoms with van der Waals surface area (Å²) in [4.78, 5) is 29.2. The molecular formula is C32H36N6O3. The highest BCUT2D eigenvalue weighted by atomic mass is 16.6. The van der Waals surface area contributed by atoms with Gasteiger partial charge in [0.05, 0.1) is 24.2 Å². The Morgan fingerprint density at radius 2 is 1.85 bits per heavy atom. The molecule has 3 heterocycles. The minimum absolute atomic E-state index is 0.203. The van der Waals surface area contributed by atoms with E-state index in [1.165, 1.54) is 12.0 Å². The molecule has 9 nitrogen and oxygen atoms in total. The lowest BCUT2D eigenvalue weighted by molar-refractivity contribution is 0.0767. The largest absolute Gasteiger partial charge is 0.462 e. The molecule has 41 heavy (non-hydrogen) atoms. The van der Waals surface area contributed by atoms with Gasteiger partial charge in [-0.2, -0.15) is 15.2 Å². The molecule has 0 bridgehead atoms. The van der Waals surface area contributed by atoms with E-state index in [9.17, 15) is 10.1 Å². The highest BCUT2D eigenvalue weighted by Gasteiger charge is 2.35. The van der Waals surface area contributed by atoms with Gasteiger partial charge in [0.15, 0.2) is 0 Å². The predicted molar refractivity (Wildman–Crippen MR) is 156 cm³/mol. The average molecular weight is 553 g/mol. The Bertz CT molecular complexity index is 1420. The molecular weight excluding hydrogens is 516 g/mol. The molecule has 212 valence electrons. The second-order valence-corrected chi connectivity index (χ2v) is 11.1. The van der Waals surface area contributed by atoms with Crippen LogP contribution >= 0.6 is 0 Å². The number of aryl methyl sites for hydroxylation is 1. The van der Waals surface area contributed by atoms with Crippen molar-refractivity contribution >= 4 is 11.9 Å². The SMILES string of the molecule is CN1CCC[C@H]1COc1nc2c(c(N3CCN(C(=O)OCc4ccccc4)[C@@H](CC#N)C3)n1)CCc1ccccc1-2. The Labute approximate surface area is 241 Å². The molecule has 1 aromatic heterocycles. The molecule has 0 unspecified atom stereocenters. The molecule has 6 rings (SSSR count). The van der Waals surface area contributed by atoms with Crippen molar-refractivity contribution < 1.29 is 14.3 Å². The second kappa shape index (κ2) is 12.1. The van der Waals surface area contributed by atoms with E-state index in [1.54, 1.807) is 4.90 Å². The minimum Gasteiger partial charge on any atom is -0.462 e. The third-order valence-electron chi connectivity index (χ3n) is 8.51. The number of likely N-dealkylation sites (N-methyl/N-ethyl adjacent to an activating group) is 1. The Kier molecular flexibility index (Phi) is 8.01. The van der Waals surface area contributed by atoms with Crippen LogP contribution in [0.5, 0.6) is 6.01 Å². The molecule has 2 aliphatic heterocycles. The van der Waals surface area contributed by atoms with E-state index in [0.717, 1.165) is 54.0 Å². The lowest BCUT2D eigenvalue weighted by atomic mass is 9.89. The first-order chi connectivity index (χ1) is 20.1. The van der Waals surface area contributed by atoms with Crippen LogP contribution in [0, 0.1) is 11.3 Å². The van der Waals surface area contributed by atoms with Crippen molar-refractivity contribution in [3.63, 3.8) is 0 Å². The molecule has 9 heteroatoms. The molecule has 2 saturated heterocycles. The van der Waals surface area contributed by atoms with Crippen LogP contribution in [-0.4, -0.2) is 77.8 Å². The number of piperazine rings is 1. The van der Waals surface area contributed by atoms with Crippen molar-refractivity contribution in [1.29, 1.82) is 5.26 Å². The highest BCUT2D eigenvalue weighted by molar-refractivity contribution is 5.75. The maximum Gasteiger partial charge on any atom is 0.410 e. The summed E-state index contributed by atoms with van der Waals surface area (Å²) in [6, 6.07) is 20.7. The van der Waals surface area contributed by atoms with Gasteiger partial charge in [0.2, 0.25) is 0 Å². The summed E-state index contributed by atoms with van der Waals surface area (Å²) in [7, 11) is 2.14. The van der Waals surface area contributed by atoms with Crippen molar-refractivity contribution in [2.24, 2.45) is 0 Å². The number of carbonyl (C=O) groups excluding carboxylic acids is 1. The Hall–Kier alpha value is -4.16. The number of hydrogen-bond acceptors (Lipinski definition) is 8. The monoisotopic (exact) mass is 552 g/mol. The van der Waals surface area contributed by atoms with Gasteiger partial charge in [0.1, 0.15) is 19.0 Å². The lowest BCUT2D eigenvalue weighted by Crippen LogP contribution is -2.55. The fraction of sp³-hybridized carbons (Fsp3) is 0.438. The summed E-state index contributed by atoms with van der Waals surface area (Å²) >= 11 is 0. The van der Waals surface area contributed by atoms with Gasteiger partial charge in [-0.1, -0.05) is 54.6 Å². The van der Waals surface area contributed by atoms with Crippen LogP contribution in [0.1, 0.15) is 36.0 Å². The van der Waals surface area contributed by atoms with Crippen LogP contribution in [0.4, 0.5) is 10.6 Å². The maximum atomic E-state index is 13.1. The van der Waals surface area contributed by atoms with Crippen molar-refractivity contribution in [1.82, 2.24) is 19.8 Å². The highest BCUT2D eigenvalue weighted by Crippen LogP contribution is 2.38. The Morgan fingerprint density at radius 1 is 1.02 bits per heavy atom. The fourth-order valence-corrected chi connectivity index (χ4v) is 6.19. The van der Waals surface area contributed by atoms with Gasteiger partial charge in [-0.3, -0.25) is 0 Å². The van der Waals surface area contributed by atoms with E-state index in [0.29, 0.717) is 38.3 Å². The zero-order chi connectivity index (χ0) is 28.2. The summed E-state index contributed by atoms with van der Waals surface area (Å²) in [6.45, 7) is 3.35. The van der Waals surface area contributed by atoms with Crippen molar-refractivity contribution in [2.75, 3.05) is 44.7 Å². The summed E-state index contributed by atoms with van der Waals surface area (Å²) < 4.78 is 11.9. The summed E-state index contributed by atoms with van der Waals surface area (Å²) in [5.41, 5.74) is 5.36. The van der Waals surface area contributed by atoms with Gasteiger partial charge in [-0.05, 0) is 50.4 Å². The number of aromatic nitrogens is 2. The quantitative estimate of drug-likeness (QED) is 0.424. The van der Waals surface area contributed by atoms with Crippen LogP contribution in [0.2, 0.25) is 0 Å². The third kappa shape index (κ3) is 5.84. The van der Waals surface area contributed by atoms with E-state index < -0.39 is 6.09 Å². The van der Waals surface area contributed by atoms with E-state index in [1.807, 2.05) is 36.4 Å². The molecule has 0 saturated carbocycles. The fourth-order valence-electron chi connectivity index (χ4n) is 6.19. The maximum absolute atomic E-state index is 13.1. The smallest absolute Gasteiger partial charge is 0.410 e. The van der Waals surface area contributed by atoms with Crippen molar-refractivity contribution in [3.05, 3.63) is 71.3 Å². The molecule has 3 aromatic rings. The molecule has 1 amide bonds. The van der Waals surface area contributed by atoms with Gasteiger partial charge in [-0.15, -0.1) is 0 Å². The minimum atomic E-state index is -0.392. The normalized spacial score (nSPS) is 20.2. The topological polar surface area (TPSA) is 94.8 Å². The van der Waals surface area contributed by atoms with E-state index >= 15 is 0 Å². The predicted octanol–water partition coefficient (Wildman–Crippen LogP) is 4.46. The van der Waals surface area contributed by atoms with Crippen molar-refractivity contribution in [3.8, 4) is 23.3 Å². The third-order valence-corrected chi connectivity index (χ3v) is 8.51. The first-order valence-corrected chi connectivity index (χ1v) is 14.5. The number of ether oxygens (including phenoxy) is 2. The number of likely N-dealkylation sites (tertiary alicyclic amines) is 1. The zero-order valence-electron chi connectivity index (χ0n) is 23.5. The van der Waals surface area contributed by atoms with Gasteiger partial charge in [-0.25, -0.2) is 4.79 Å². The summed E-state index contributed by atoms with van der Waals surface area (Å²) in [6.07, 6.45) is 3.85. The number of nitrogens with zero attached hydrogens (tertiary/aromatic N) is 6. The van der Waals surface area contributed by atoms with E-state index in [2.05, 4.69) is 41.1 Å². The van der Waals surface area contributed by atoms with E-state index in [4.69, 9.17) is 19.4 Å². The van der Waals surface area contributed by atoms with Crippen LogP contribution in [0.15, 0.2) is 54.6 Å².